The van der Waals surface area contributed by atoms with Gasteiger partial charge in [-0.3, -0.25) is 0 Å². The van der Waals surface area contributed by atoms with E-state index in [2.05, 4.69) is 48.5 Å². The Hall–Kier alpha value is 0.659. The maximum Gasteiger partial charge on any atom is 3.00 e. The van der Waals surface area contributed by atoms with Crippen molar-refractivity contribution in [3.05, 3.63) is 49.9 Å². The Labute approximate surface area is 208 Å². The van der Waals surface area contributed by atoms with Crippen molar-refractivity contribution in [2.24, 2.45) is 0 Å². The SMILES string of the molecule is CC(C)OP(O)OC(C)C.C[C]1[C](C)[C](C)[C](C)[C]1C.O=S(=O)([O-])C(F)(F)F.[CH2][CH][CH2].[Ir+3]. The van der Waals surface area contributed by atoms with E-state index in [9.17, 15) is 13.2 Å². The van der Waals surface area contributed by atoms with Gasteiger partial charge in [-0.2, -0.15) is 13.2 Å². The minimum absolute atomic E-state index is 0. The second kappa shape index (κ2) is 18.9. The molecular weight excluding hydrogens is 648 g/mol. The third kappa shape index (κ3) is 19.0. The van der Waals surface area contributed by atoms with Crippen molar-refractivity contribution in [1.82, 2.24) is 0 Å². The summed E-state index contributed by atoms with van der Waals surface area (Å²) in [6.45, 7) is 24.9. The molecule has 1 N–H and O–H groups in total. The van der Waals surface area contributed by atoms with Crippen LogP contribution < -0.4 is 0 Å². The van der Waals surface area contributed by atoms with Gasteiger partial charge in [0.05, 0.1) is 12.2 Å². The first-order valence-electron chi connectivity index (χ1n) is 9.18. The van der Waals surface area contributed by atoms with E-state index in [1.54, 1.807) is 0 Å². The Morgan fingerprint density at radius 3 is 1.12 bits per heavy atom. The summed E-state index contributed by atoms with van der Waals surface area (Å²) in [7, 11) is -7.75. The van der Waals surface area contributed by atoms with Gasteiger partial charge in [0, 0.05) is 0 Å². The molecule has 12 heteroatoms. The molecule has 0 amide bonds. The van der Waals surface area contributed by atoms with Crippen LogP contribution >= 0.6 is 8.60 Å². The summed E-state index contributed by atoms with van der Waals surface area (Å²) in [6, 6.07) is 0. The molecule has 8 radical (unpaired) electrons. The molecule has 0 aromatic rings. The first-order valence-corrected chi connectivity index (χ1v) is 11.7. The standard InChI is InChI=1S/C10H15.C6H15O3P.C3H5.CHF3O3S.Ir/c1-6-7(2)9(4)10(5)8(6)3;1-5(2)8-10(7)9-6(3)4;1-3-2;2-1(3,4)8(5,6)7;/h1-5H3;5-7H,1-4H3;3H,1-2H2;(H,5,6,7);/q;;;;+3/p-1. The minimum Gasteiger partial charge on any atom is -0.741 e. The van der Waals surface area contributed by atoms with Crippen molar-refractivity contribution in [3.63, 3.8) is 0 Å². The van der Waals surface area contributed by atoms with Crippen molar-refractivity contribution >= 4 is 18.7 Å². The van der Waals surface area contributed by atoms with E-state index < -0.39 is 24.2 Å². The molecule has 190 valence electrons. The molecule has 1 saturated carbocycles. The van der Waals surface area contributed by atoms with E-state index in [-0.39, 0.29) is 32.3 Å². The predicted octanol–water partition coefficient (Wildman–Crippen LogP) is 5.94. The van der Waals surface area contributed by atoms with Crippen molar-refractivity contribution in [2.45, 2.75) is 80.0 Å². The zero-order chi connectivity index (χ0) is 25.7. The summed E-state index contributed by atoms with van der Waals surface area (Å²) in [5.41, 5.74) is -5.65. The first kappa shape index (κ1) is 39.9. The normalized spacial score (nSPS) is 16.7. The minimum atomic E-state index is -6.09. The molecule has 1 aliphatic rings. The Morgan fingerprint density at radius 1 is 0.875 bits per heavy atom. The Morgan fingerprint density at radius 2 is 1.03 bits per heavy atom. The molecule has 0 bridgehead atoms. The fourth-order valence-electron chi connectivity index (χ4n) is 1.79. The molecule has 0 aromatic carbocycles. The van der Waals surface area contributed by atoms with Crippen LogP contribution in [0.5, 0.6) is 0 Å². The van der Waals surface area contributed by atoms with Gasteiger partial charge in [0.1, 0.15) is 0 Å². The van der Waals surface area contributed by atoms with E-state index >= 15 is 0 Å². The second-order valence-electron chi connectivity index (χ2n) is 6.86. The summed E-state index contributed by atoms with van der Waals surface area (Å²) < 4.78 is 68.8. The summed E-state index contributed by atoms with van der Waals surface area (Å²) in [6.07, 6.45) is 1.55. The number of hydrogen-bond acceptors (Lipinski definition) is 6. The number of halogens is 3. The molecule has 0 atom stereocenters. The van der Waals surface area contributed by atoms with E-state index in [1.807, 2.05) is 27.7 Å². The van der Waals surface area contributed by atoms with Crippen molar-refractivity contribution < 1.29 is 60.2 Å². The van der Waals surface area contributed by atoms with E-state index in [1.165, 1.54) is 36.0 Å². The third-order valence-electron chi connectivity index (χ3n) is 3.70. The van der Waals surface area contributed by atoms with Gasteiger partial charge in [-0.25, -0.2) is 8.42 Å². The van der Waals surface area contributed by atoms with Crippen LogP contribution in [0.2, 0.25) is 0 Å². The van der Waals surface area contributed by atoms with Crippen LogP contribution in [-0.4, -0.2) is 35.6 Å². The second-order valence-corrected chi connectivity index (χ2v) is 9.13. The molecule has 32 heavy (non-hydrogen) atoms. The average molecular weight is 684 g/mol. The van der Waals surface area contributed by atoms with Gasteiger partial charge in [-0.1, -0.05) is 34.6 Å². The van der Waals surface area contributed by atoms with Gasteiger partial charge in [-0.15, -0.1) is 0 Å². The van der Waals surface area contributed by atoms with Crippen LogP contribution in [0.15, 0.2) is 0 Å². The Bertz CT molecular complexity index is 495. The zero-order valence-corrected chi connectivity index (χ0v) is 24.1. The Balaban J connectivity index is -0.000000171. The van der Waals surface area contributed by atoms with Gasteiger partial charge in [0.15, 0.2) is 10.1 Å². The van der Waals surface area contributed by atoms with Crippen LogP contribution in [0, 0.1) is 49.9 Å². The first-order chi connectivity index (χ1) is 13.7. The monoisotopic (exact) mass is 684 g/mol. The number of rotatable bonds is 4. The molecule has 1 aliphatic carbocycles. The van der Waals surface area contributed by atoms with Gasteiger partial charge in [0.2, 0.25) is 0 Å². The summed E-state index contributed by atoms with van der Waals surface area (Å²) in [5, 5.41) is 0. The third-order valence-corrected chi connectivity index (χ3v) is 5.47. The zero-order valence-electron chi connectivity index (χ0n) is 20.0. The molecule has 0 aliphatic heterocycles. The van der Waals surface area contributed by atoms with E-state index in [0.717, 1.165) is 0 Å². The van der Waals surface area contributed by atoms with Crippen LogP contribution in [0.25, 0.3) is 0 Å². The van der Waals surface area contributed by atoms with Crippen molar-refractivity contribution in [1.29, 1.82) is 0 Å². The van der Waals surface area contributed by atoms with Crippen molar-refractivity contribution in [3.8, 4) is 0 Å². The molecule has 0 unspecified atom stereocenters. The maximum atomic E-state index is 10.7. The van der Waals surface area contributed by atoms with Crippen LogP contribution in [0.4, 0.5) is 13.2 Å². The Kier molecular flexibility index (Phi) is 23.6. The molecule has 0 spiro atoms. The quantitative estimate of drug-likeness (QED) is 0.224. The summed E-state index contributed by atoms with van der Waals surface area (Å²) in [4.78, 5) is 9.01. The average Bonchev–Trinajstić information content (AvgIpc) is 2.71. The largest absolute Gasteiger partial charge is 3.00 e. The van der Waals surface area contributed by atoms with Crippen molar-refractivity contribution in [2.75, 3.05) is 0 Å². The molecule has 0 aromatic heterocycles. The van der Waals surface area contributed by atoms with Gasteiger partial charge in [-0.05, 0) is 77.6 Å². The molecule has 1 rings (SSSR count). The predicted molar refractivity (Wildman–Crippen MR) is 117 cm³/mol. The summed E-state index contributed by atoms with van der Waals surface area (Å²) >= 11 is 0. The molecular formula is C20H35F3IrO6PS+2. The molecule has 0 saturated heterocycles. The summed E-state index contributed by atoms with van der Waals surface area (Å²) in [5.74, 6) is 7.34. The number of hydrogen-bond donors (Lipinski definition) is 1. The van der Waals surface area contributed by atoms with E-state index in [0.29, 0.717) is 0 Å². The number of alkyl halides is 3. The fourth-order valence-corrected chi connectivity index (χ4v) is 2.56. The van der Waals surface area contributed by atoms with Crippen LogP contribution in [-0.2, 0) is 39.3 Å². The molecule has 1 fully saturated rings. The van der Waals surface area contributed by atoms with Gasteiger partial charge in [0.25, 0.3) is 0 Å². The van der Waals surface area contributed by atoms with Gasteiger partial charge >= 0.3 is 34.2 Å². The smallest absolute Gasteiger partial charge is 0.741 e. The molecule has 6 nitrogen and oxygen atoms in total. The topological polar surface area (TPSA) is 95.9 Å². The van der Waals surface area contributed by atoms with E-state index in [4.69, 9.17) is 26.9 Å². The fraction of sp³-hybridized carbons (Fsp3) is 0.600. The van der Waals surface area contributed by atoms with Gasteiger partial charge < -0.3 is 18.5 Å². The molecule has 0 heterocycles. The maximum absolute atomic E-state index is 10.7. The van der Waals surface area contributed by atoms with Crippen LogP contribution in [0.1, 0.15) is 62.3 Å². The van der Waals surface area contributed by atoms with Crippen LogP contribution in [0.3, 0.4) is 0 Å².